The lowest BCUT2D eigenvalue weighted by atomic mass is 9.80. The Morgan fingerprint density at radius 1 is 1.06 bits per heavy atom. The quantitative estimate of drug-likeness (QED) is 0.750. The second-order valence-electron chi connectivity index (χ2n) is 4.61. The maximum atomic E-state index is 13.1. The summed E-state index contributed by atoms with van der Waals surface area (Å²) in [4.78, 5) is 4.18. The number of hydrogen-bond acceptors (Lipinski definition) is 1. The Morgan fingerprint density at radius 2 is 1.82 bits per heavy atom. The molecule has 0 bridgehead atoms. The molecule has 1 aromatic carbocycles. The third kappa shape index (κ3) is 2.07. The van der Waals surface area contributed by atoms with Gasteiger partial charge in [0.1, 0.15) is 5.82 Å². The van der Waals surface area contributed by atoms with Crippen molar-refractivity contribution in [1.29, 1.82) is 0 Å². The fourth-order valence-electron chi connectivity index (χ4n) is 2.23. The summed E-state index contributed by atoms with van der Waals surface area (Å²) in [7, 11) is 0. The molecule has 0 unspecified atom stereocenters. The molecule has 1 heterocycles. The third-order valence-corrected chi connectivity index (χ3v) is 3.51. The molecule has 0 N–H and O–H groups in total. The van der Waals surface area contributed by atoms with Crippen LogP contribution in [0.25, 0.3) is 11.3 Å². The largest absolute Gasteiger partial charge is 0.256 e. The van der Waals surface area contributed by atoms with E-state index in [1.54, 1.807) is 0 Å². The van der Waals surface area contributed by atoms with Gasteiger partial charge in [0.05, 0.1) is 5.69 Å². The molecule has 17 heavy (non-hydrogen) atoms. The Balaban J connectivity index is 1.88. The Hall–Kier alpha value is -1.70. The molecule has 1 aliphatic rings. The Bertz CT molecular complexity index is 515. The fraction of sp³-hybridized carbons (Fsp3) is 0.267. The van der Waals surface area contributed by atoms with E-state index in [-0.39, 0.29) is 5.82 Å². The standard InChI is InChI=1S/C15H14FN/c16-14-8-9-17-15(10-14)13-6-4-12(5-7-13)11-2-1-3-11/h4-11H,1-3H2. The lowest BCUT2D eigenvalue weighted by Crippen LogP contribution is -2.08. The van der Waals surface area contributed by atoms with Crippen LogP contribution in [0.1, 0.15) is 30.7 Å². The minimum Gasteiger partial charge on any atom is -0.256 e. The van der Waals surface area contributed by atoms with Gasteiger partial charge in [-0.1, -0.05) is 30.7 Å². The minimum absolute atomic E-state index is 0.238. The first kappa shape index (κ1) is 10.5. The van der Waals surface area contributed by atoms with Crippen LogP contribution in [-0.4, -0.2) is 4.98 Å². The van der Waals surface area contributed by atoms with Crippen LogP contribution in [0.3, 0.4) is 0 Å². The molecule has 86 valence electrons. The maximum Gasteiger partial charge on any atom is 0.126 e. The second-order valence-corrected chi connectivity index (χ2v) is 4.61. The summed E-state index contributed by atoms with van der Waals surface area (Å²) in [5.74, 6) is 0.502. The molecule has 1 aliphatic carbocycles. The van der Waals surface area contributed by atoms with E-state index in [1.165, 1.54) is 43.2 Å². The van der Waals surface area contributed by atoms with Crippen LogP contribution in [0, 0.1) is 5.82 Å². The van der Waals surface area contributed by atoms with E-state index in [4.69, 9.17) is 0 Å². The molecule has 0 atom stereocenters. The molecule has 1 nitrogen and oxygen atoms in total. The van der Waals surface area contributed by atoms with E-state index >= 15 is 0 Å². The first-order valence-electron chi connectivity index (χ1n) is 6.05. The third-order valence-electron chi connectivity index (χ3n) is 3.51. The van der Waals surface area contributed by atoms with Crippen molar-refractivity contribution in [1.82, 2.24) is 4.98 Å². The van der Waals surface area contributed by atoms with Gasteiger partial charge < -0.3 is 0 Å². The summed E-state index contributed by atoms with van der Waals surface area (Å²) in [6, 6.07) is 11.2. The molecule has 2 heteroatoms. The SMILES string of the molecule is Fc1ccnc(-c2ccc(C3CCC3)cc2)c1. The van der Waals surface area contributed by atoms with Crippen molar-refractivity contribution in [2.75, 3.05) is 0 Å². The number of pyridine rings is 1. The molecule has 0 saturated heterocycles. The van der Waals surface area contributed by atoms with E-state index in [1.807, 2.05) is 12.1 Å². The van der Waals surface area contributed by atoms with Crippen LogP contribution in [0.5, 0.6) is 0 Å². The van der Waals surface area contributed by atoms with E-state index < -0.39 is 0 Å². The summed E-state index contributed by atoms with van der Waals surface area (Å²) in [5.41, 5.74) is 3.08. The van der Waals surface area contributed by atoms with Crippen LogP contribution in [0.15, 0.2) is 42.6 Å². The number of aromatic nitrogens is 1. The summed E-state index contributed by atoms with van der Waals surface area (Å²) >= 11 is 0. The highest BCUT2D eigenvalue weighted by Crippen LogP contribution is 2.36. The van der Waals surface area contributed by atoms with Crippen LogP contribution in [0.2, 0.25) is 0 Å². The summed E-state index contributed by atoms with van der Waals surface area (Å²) < 4.78 is 13.1. The van der Waals surface area contributed by atoms with Gasteiger partial charge in [-0.15, -0.1) is 0 Å². The molecule has 1 fully saturated rings. The molecule has 0 aliphatic heterocycles. The number of hydrogen-bond donors (Lipinski definition) is 0. The van der Waals surface area contributed by atoms with Gasteiger partial charge in [-0.2, -0.15) is 0 Å². The average molecular weight is 227 g/mol. The van der Waals surface area contributed by atoms with Crippen molar-refractivity contribution in [3.05, 3.63) is 54.0 Å². The second kappa shape index (κ2) is 4.28. The van der Waals surface area contributed by atoms with E-state index in [0.717, 1.165) is 11.5 Å². The molecular weight excluding hydrogens is 213 g/mol. The van der Waals surface area contributed by atoms with Gasteiger partial charge >= 0.3 is 0 Å². The fourth-order valence-corrected chi connectivity index (χ4v) is 2.23. The van der Waals surface area contributed by atoms with Gasteiger partial charge in [0, 0.05) is 17.8 Å². The monoisotopic (exact) mass is 227 g/mol. The maximum absolute atomic E-state index is 13.1. The molecule has 3 rings (SSSR count). The lowest BCUT2D eigenvalue weighted by molar-refractivity contribution is 0.420. The van der Waals surface area contributed by atoms with Gasteiger partial charge in [-0.05, 0) is 30.4 Å². The number of benzene rings is 1. The highest BCUT2D eigenvalue weighted by molar-refractivity contribution is 5.59. The first-order valence-corrected chi connectivity index (χ1v) is 6.05. The van der Waals surface area contributed by atoms with Crippen molar-refractivity contribution >= 4 is 0 Å². The summed E-state index contributed by atoms with van der Waals surface area (Å²) in [6.45, 7) is 0. The van der Waals surface area contributed by atoms with E-state index in [0.29, 0.717) is 5.69 Å². The Kier molecular flexibility index (Phi) is 2.63. The number of nitrogens with zero attached hydrogens (tertiary/aromatic N) is 1. The van der Waals surface area contributed by atoms with Crippen molar-refractivity contribution in [3.63, 3.8) is 0 Å². The smallest absolute Gasteiger partial charge is 0.126 e. The van der Waals surface area contributed by atoms with Crippen LogP contribution < -0.4 is 0 Å². The normalized spacial score (nSPS) is 15.6. The first-order chi connectivity index (χ1) is 8.33. The van der Waals surface area contributed by atoms with Gasteiger partial charge in [-0.25, -0.2) is 4.39 Å². The minimum atomic E-state index is -0.238. The lowest BCUT2D eigenvalue weighted by Gasteiger charge is -2.25. The Morgan fingerprint density at radius 3 is 2.41 bits per heavy atom. The van der Waals surface area contributed by atoms with Crippen LogP contribution >= 0.6 is 0 Å². The zero-order valence-electron chi connectivity index (χ0n) is 9.57. The van der Waals surface area contributed by atoms with Gasteiger partial charge in [-0.3, -0.25) is 4.98 Å². The number of rotatable bonds is 2. The van der Waals surface area contributed by atoms with Gasteiger partial charge in [0.2, 0.25) is 0 Å². The Labute approximate surface area is 100 Å². The van der Waals surface area contributed by atoms with Crippen molar-refractivity contribution < 1.29 is 4.39 Å². The zero-order valence-corrected chi connectivity index (χ0v) is 9.57. The molecule has 1 aromatic heterocycles. The highest BCUT2D eigenvalue weighted by Gasteiger charge is 2.18. The van der Waals surface area contributed by atoms with E-state index in [2.05, 4.69) is 17.1 Å². The van der Waals surface area contributed by atoms with Crippen molar-refractivity contribution in [3.8, 4) is 11.3 Å². The van der Waals surface area contributed by atoms with Crippen molar-refractivity contribution in [2.45, 2.75) is 25.2 Å². The van der Waals surface area contributed by atoms with Crippen LogP contribution in [-0.2, 0) is 0 Å². The predicted octanol–water partition coefficient (Wildman–Crippen LogP) is 4.16. The van der Waals surface area contributed by atoms with Gasteiger partial charge in [0.25, 0.3) is 0 Å². The molecular formula is C15H14FN. The molecule has 2 aromatic rings. The highest BCUT2D eigenvalue weighted by atomic mass is 19.1. The molecule has 0 spiro atoms. The number of halogens is 1. The molecule has 1 saturated carbocycles. The van der Waals surface area contributed by atoms with Gasteiger partial charge in [0.15, 0.2) is 0 Å². The van der Waals surface area contributed by atoms with Crippen molar-refractivity contribution in [2.24, 2.45) is 0 Å². The summed E-state index contributed by atoms with van der Waals surface area (Å²) in [5, 5.41) is 0. The topological polar surface area (TPSA) is 12.9 Å². The van der Waals surface area contributed by atoms with E-state index in [9.17, 15) is 4.39 Å². The zero-order chi connectivity index (χ0) is 11.7. The predicted molar refractivity (Wildman–Crippen MR) is 66.2 cm³/mol. The molecule has 0 amide bonds. The van der Waals surface area contributed by atoms with Crippen LogP contribution in [0.4, 0.5) is 4.39 Å². The summed E-state index contributed by atoms with van der Waals surface area (Å²) in [6.07, 6.45) is 5.46. The average Bonchev–Trinajstić information content (AvgIpc) is 2.28. The molecule has 0 radical (unpaired) electrons.